The number of oxazole rings is 1. The van der Waals surface area contributed by atoms with Crippen LogP contribution in [-0.2, 0) is 11.8 Å². The first-order valence-corrected chi connectivity index (χ1v) is 7.90. The van der Waals surface area contributed by atoms with Gasteiger partial charge in [-0.25, -0.2) is 4.98 Å². The average Bonchev–Trinajstić information content (AvgIpc) is 3.12. The Bertz CT molecular complexity index is 761. The summed E-state index contributed by atoms with van der Waals surface area (Å²) in [6.07, 6.45) is 5.55. The molecule has 0 unspecified atom stereocenters. The Balaban J connectivity index is 1.80. The standard InChI is InChI=1S/C21H21NO/c1-3-21(2,15-14-17-10-6-4-7-11-17)20-22-19(16-23-20)18-12-8-5-9-13-18/h3-13,16H,1,14-15H2,2H3/t21-/m0/s1. The van der Waals surface area contributed by atoms with E-state index in [1.165, 1.54) is 5.56 Å². The quantitative estimate of drug-likeness (QED) is 0.568. The van der Waals surface area contributed by atoms with E-state index in [0.717, 1.165) is 30.0 Å². The summed E-state index contributed by atoms with van der Waals surface area (Å²) in [5.74, 6) is 0.724. The van der Waals surface area contributed by atoms with E-state index in [1.54, 1.807) is 6.26 Å². The zero-order chi connectivity index (χ0) is 16.1. The molecule has 0 N–H and O–H groups in total. The summed E-state index contributed by atoms with van der Waals surface area (Å²) >= 11 is 0. The van der Waals surface area contributed by atoms with Gasteiger partial charge in [0, 0.05) is 5.56 Å². The van der Waals surface area contributed by atoms with Gasteiger partial charge in [-0.05, 0) is 25.3 Å². The highest BCUT2D eigenvalue weighted by atomic mass is 16.3. The molecule has 0 bridgehead atoms. The molecule has 0 spiro atoms. The van der Waals surface area contributed by atoms with Crippen LogP contribution >= 0.6 is 0 Å². The number of hydrogen-bond acceptors (Lipinski definition) is 2. The first-order valence-electron chi connectivity index (χ1n) is 7.90. The largest absolute Gasteiger partial charge is 0.447 e. The summed E-state index contributed by atoms with van der Waals surface area (Å²) in [7, 11) is 0. The van der Waals surface area contributed by atoms with Crippen molar-refractivity contribution in [2.24, 2.45) is 0 Å². The van der Waals surface area contributed by atoms with Gasteiger partial charge >= 0.3 is 0 Å². The van der Waals surface area contributed by atoms with Crippen LogP contribution in [0.5, 0.6) is 0 Å². The molecule has 1 aromatic heterocycles. The smallest absolute Gasteiger partial charge is 0.204 e. The topological polar surface area (TPSA) is 26.0 Å². The minimum atomic E-state index is -0.275. The van der Waals surface area contributed by atoms with E-state index in [2.05, 4.69) is 37.8 Å². The van der Waals surface area contributed by atoms with Gasteiger partial charge in [0.05, 0.1) is 5.41 Å². The molecule has 3 rings (SSSR count). The molecular formula is C21H21NO. The van der Waals surface area contributed by atoms with Crippen molar-refractivity contribution in [2.75, 3.05) is 0 Å². The van der Waals surface area contributed by atoms with Gasteiger partial charge in [0.1, 0.15) is 12.0 Å². The van der Waals surface area contributed by atoms with E-state index >= 15 is 0 Å². The van der Waals surface area contributed by atoms with Crippen molar-refractivity contribution < 1.29 is 4.42 Å². The van der Waals surface area contributed by atoms with Crippen LogP contribution < -0.4 is 0 Å². The Morgan fingerprint density at radius 3 is 2.35 bits per heavy atom. The Morgan fingerprint density at radius 1 is 1.04 bits per heavy atom. The maximum absolute atomic E-state index is 5.78. The van der Waals surface area contributed by atoms with Crippen LogP contribution in [0.3, 0.4) is 0 Å². The fourth-order valence-corrected chi connectivity index (χ4v) is 2.62. The molecule has 2 nitrogen and oxygen atoms in total. The van der Waals surface area contributed by atoms with Crippen LogP contribution in [-0.4, -0.2) is 4.98 Å². The normalized spacial score (nSPS) is 13.4. The van der Waals surface area contributed by atoms with Crippen molar-refractivity contribution in [1.29, 1.82) is 0 Å². The lowest BCUT2D eigenvalue weighted by Crippen LogP contribution is -2.20. The predicted octanol–water partition coefficient (Wildman–Crippen LogP) is 5.42. The Labute approximate surface area is 137 Å². The van der Waals surface area contributed by atoms with Crippen molar-refractivity contribution >= 4 is 0 Å². The summed E-state index contributed by atoms with van der Waals surface area (Å²) in [5.41, 5.74) is 2.98. The van der Waals surface area contributed by atoms with Crippen molar-refractivity contribution in [3.63, 3.8) is 0 Å². The minimum absolute atomic E-state index is 0.275. The third-order valence-corrected chi connectivity index (χ3v) is 4.29. The maximum atomic E-state index is 5.78. The van der Waals surface area contributed by atoms with Crippen LogP contribution in [0, 0.1) is 0 Å². The molecule has 2 aromatic carbocycles. The maximum Gasteiger partial charge on any atom is 0.204 e. The number of aryl methyl sites for hydroxylation is 1. The van der Waals surface area contributed by atoms with Gasteiger partial charge < -0.3 is 4.42 Å². The molecular weight excluding hydrogens is 282 g/mol. The van der Waals surface area contributed by atoms with Crippen molar-refractivity contribution in [1.82, 2.24) is 4.98 Å². The lowest BCUT2D eigenvalue weighted by molar-refractivity contribution is 0.382. The van der Waals surface area contributed by atoms with Crippen molar-refractivity contribution in [3.8, 4) is 11.3 Å². The fraction of sp³-hybridized carbons (Fsp3) is 0.190. The highest BCUT2D eigenvalue weighted by Crippen LogP contribution is 2.31. The van der Waals surface area contributed by atoms with Gasteiger partial charge in [-0.2, -0.15) is 0 Å². The molecule has 116 valence electrons. The molecule has 1 atom stereocenters. The second kappa shape index (κ2) is 6.66. The van der Waals surface area contributed by atoms with E-state index in [9.17, 15) is 0 Å². The predicted molar refractivity (Wildman–Crippen MR) is 94.3 cm³/mol. The number of nitrogens with zero attached hydrogens (tertiary/aromatic N) is 1. The van der Waals surface area contributed by atoms with Gasteiger partial charge in [0.25, 0.3) is 0 Å². The van der Waals surface area contributed by atoms with E-state index in [1.807, 2.05) is 42.5 Å². The van der Waals surface area contributed by atoms with Gasteiger partial charge in [0.15, 0.2) is 0 Å². The summed E-state index contributed by atoms with van der Waals surface area (Å²) in [6, 6.07) is 20.6. The number of aromatic nitrogens is 1. The monoisotopic (exact) mass is 303 g/mol. The van der Waals surface area contributed by atoms with Crippen molar-refractivity contribution in [2.45, 2.75) is 25.2 Å². The molecule has 0 saturated heterocycles. The third kappa shape index (κ3) is 3.42. The second-order valence-electron chi connectivity index (χ2n) is 6.01. The first kappa shape index (κ1) is 15.3. The molecule has 0 fully saturated rings. The molecule has 0 amide bonds. The highest BCUT2D eigenvalue weighted by Gasteiger charge is 2.28. The molecule has 0 aliphatic rings. The third-order valence-electron chi connectivity index (χ3n) is 4.29. The van der Waals surface area contributed by atoms with Crippen LogP contribution in [0.4, 0.5) is 0 Å². The first-order chi connectivity index (χ1) is 11.2. The SMILES string of the molecule is C=C[C@@](C)(CCc1ccccc1)c1nc(-c2ccccc2)co1. The minimum Gasteiger partial charge on any atom is -0.447 e. The van der Waals surface area contributed by atoms with E-state index in [0.29, 0.717) is 0 Å². The molecule has 0 radical (unpaired) electrons. The van der Waals surface area contributed by atoms with Gasteiger partial charge in [-0.1, -0.05) is 66.7 Å². The van der Waals surface area contributed by atoms with Gasteiger partial charge in [-0.3, -0.25) is 0 Å². The van der Waals surface area contributed by atoms with E-state index in [4.69, 9.17) is 9.40 Å². The molecule has 1 heterocycles. The summed E-state index contributed by atoms with van der Waals surface area (Å²) in [5, 5.41) is 0. The molecule has 0 saturated carbocycles. The number of benzene rings is 2. The molecule has 2 heteroatoms. The number of allylic oxidation sites excluding steroid dienone is 1. The van der Waals surface area contributed by atoms with E-state index < -0.39 is 0 Å². The number of hydrogen-bond donors (Lipinski definition) is 0. The average molecular weight is 303 g/mol. The fourth-order valence-electron chi connectivity index (χ4n) is 2.62. The second-order valence-corrected chi connectivity index (χ2v) is 6.01. The number of rotatable bonds is 6. The summed E-state index contributed by atoms with van der Waals surface area (Å²) in [4.78, 5) is 4.70. The Kier molecular flexibility index (Phi) is 4.42. The van der Waals surface area contributed by atoms with Crippen LogP contribution in [0.25, 0.3) is 11.3 Å². The zero-order valence-corrected chi connectivity index (χ0v) is 13.4. The lowest BCUT2D eigenvalue weighted by Gasteiger charge is -2.21. The van der Waals surface area contributed by atoms with Crippen molar-refractivity contribution in [3.05, 3.63) is 91.0 Å². The van der Waals surface area contributed by atoms with Crippen LogP contribution in [0.1, 0.15) is 24.8 Å². The summed E-state index contributed by atoms with van der Waals surface area (Å²) in [6.45, 7) is 6.13. The van der Waals surface area contributed by atoms with Gasteiger partial charge in [-0.15, -0.1) is 6.58 Å². The molecule has 0 aliphatic heterocycles. The lowest BCUT2D eigenvalue weighted by atomic mass is 9.84. The van der Waals surface area contributed by atoms with Crippen LogP contribution in [0.15, 0.2) is 84.0 Å². The Hall–Kier alpha value is -2.61. The highest BCUT2D eigenvalue weighted by molar-refractivity contribution is 5.57. The van der Waals surface area contributed by atoms with E-state index in [-0.39, 0.29) is 5.41 Å². The van der Waals surface area contributed by atoms with Crippen LogP contribution in [0.2, 0.25) is 0 Å². The molecule has 23 heavy (non-hydrogen) atoms. The Morgan fingerprint density at radius 2 is 1.70 bits per heavy atom. The van der Waals surface area contributed by atoms with Gasteiger partial charge in [0.2, 0.25) is 5.89 Å². The molecule has 3 aromatic rings. The molecule has 0 aliphatic carbocycles. The zero-order valence-electron chi connectivity index (χ0n) is 13.4. The summed E-state index contributed by atoms with van der Waals surface area (Å²) < 4.78 is 5.78.